The van der Waals surface area contributed by atoms with Gasteiger partial charge in [0.25, 0.3) is 0 Å². The number of alkyl halides is 4. The zero-order valence-electron chi connectivity index (χ0n) is 11.2. The molecule has 21 heavy (non-hydrogen) atoms. The van der Waals surface area contributed by atoms with Gasteiger partial charge in [0, 0.05) is 10.5 Å². The number of ketones is 1. The highest BCUT2D eigenvalue weighted by molar-refractivity contribution is 9.09. The summed E-state index contributed by atoms with van der Waals surface area (Å²) in [6.07, 6.45) is 0. The van der Waals surface area contributed by atoms with E-state index < -0.39 is 22.1 Å². The van der Waals surface area contributed by atoms with E-state index in [9.17, 15) is 22.8 Å². The smallest absolute Gasteiger partial charge is 0.446 e. The largest absolute Gasteiger partial charge is 0.462 e. The van der Waals surface area contributed by atoms with Crippen LogP contribution in [0.2, 0.25) is 0 Å². The molecule has 1 aromatic rings. The second-order valence-corrected chi connectivity index (χ2v) is 5.98. The molecule has 0 aromatic heterocycles. The Hall–Kier alpha value is -1.02. The third kappa shape index (κ3) is 5.03. The SMILES string of the molecule is CCOC(=O)c1cccc(SC(F)(F)F)c1C(Br)C(C)=O. The number of ether oxygens (including phenoxy) is 1. The molecule has 0 amide bonds. The van der Waals surface area contributed by atoms with Crippen molar-refractivity contribution in [2.75, 3.05) is 6.61 Å². The summed E-state index contributed by atoms with van der Waals surface area (Å²) in [5, 5.41) is 0. The summed E-state index contributed by atoms with van der Waals surface area (Å²) >= 11 is 2.67. The average Bonchev–Trinajstić information content (AvgIpc) is 2.36. The van der Waals surface area contributed by atoms with Crippen LogP contribution in [-0.4, -0.2) is 23.9 Å². The lowest BCUT2D eigenvalue weighted by atomic mass is 10.0. The second kappa shape index (κ2) is 7.31. The predicted molar refractivity (Wildman–Crippen MR) is 76.7 cm³/mol. The number of benzene rings is 1. The highest BCUT2D eigenvalue weighted by Crippen LogP contribution is 2.43. The summed E-state index contributed by atoms with van der Waals surface area (Å²) in [5.41, 5.74) is -4.60. The first kappa shape index (κ1) is 18.0. The molecule has 0 spiro atoms. The van der Waals surface area contributed by atoms with Crippen molar-refractivity contribution in [2.24, 2.45) is 0 Å². The van der Waals surface area contributed by atoms with Crippen molar-refractivity contribution < 1.29 is 27.5 Å². The molecule has 0 aliphatic heterocycles. The van der Waals surface area contributed by atoms with Gasteiger partial charge >= 0.3 is 11.5 Å². The molecule has 0 heterocycles. The fourth-order valence-electron chi connectivity index (χ4n) is 1.61. The lowest BCUT2D eigenvalue weighted by Gasteiger charge is -2.17. The van der Waals surface area contributed by atoms with E-state index in [1.54, 1.807) is 6.92 Å². The molecule has 1 aromatic carbocycles. The molecule has 0 radical (unpaired) electrons. The highest BCUT2D eigenvalue weighted by Gasteiger charge is 2.33. The van der Waals surface area contributed by atoms with E-state index in [1.807, 2.05) is 0 Å². The lowest BCUT2D eigenvalue weighted by molar-refractivity contribution is -0.116. The number of esters is 1. The van der Waals surface area contributed by atoms with Crippen molar-refractivity contribution in [3.8, 4) is 0 Å². The zero-order valence-corrected chi connectivity index (χ0v) is 13.6. The molecule has 0 fully saturated rings. The molecule has 1 atom stereocenters. The molecular weight excluding hydrogens is 373 g/mol. The van der Waals surface area contributed by atoms with Gasteiger partial charge in [0.1, 0.15) is 5.78 Å². The van der Waals surface area contributed by atoms with Crippen LogP contribution in [0.1, 0.15) is 34.6 Å². The molecule has 1 unspecified atom stereocenters. The average molecular weight is 385 g/mol. The normalized spacial score (nSPS) is 12.9. The number of thioether (sulfide) groups is 1. The number of hydrogen-bond donors (Lipinski definition) is 0. The first-order chi connectivity index (χ1) is 9.67. The zero-order chi connectivity index (χ0) is 16.2. The summed E-state index contributed by atoms with van der Waals surface area (Å²) in [6.45, 7) is 2.90. The Kier molecular flexibility index (Phi) is 6.27. The summed E-state index contributed by atoms with van der Waals surface area (Å²) in [4.78, 5) is 22.2. The Labute approximate surface area is 132 Å². The number of rotatable bonds is 5. The number of Topliss-reactive ketones (excluding diaryl/α,β-unsaturated/α-hetero) is 1. The van der Waals surface area contributed by atoms with Crippen LogP contribution in [0.25, 0.3) is 0 Å². The topological polar surface area (TPSA) is 43.4 Å². The maximum absolute atomic E-state index is 12.6. The second-order valence-electron chi connectivity index (χ2n) is 3.96. The van der Waals surface area contributed by atoms with E-state index in [1.165, 1.54) is 25.1 Å². The first-order valence-electron chi connectivity index (χ1n) is 5.87. The van der Waals surface area contributed by atoms with Gasteiger partial charge in [-0.25, -0.2) is 4.79 Å². The molecule has 0 aliphatic rings. The molecule has 0 aliphatic carbocycles. The van der Waals surface area contributed by atoms with Gasteiger partial charge < -0.3 is 4.74 Å². The van der Waals surface area contributed by atoms with Gasteiger partial charge in [-0.2, -0.15) is 13.2 Å². The molecular formula is C13H12BrF3O3S. The Morgan fingerprint density at radius 1 is 1.38 bits per heavy atom. The summed E-state index contributed by atoms with van der Waals surface area (Å²) in [7, 11) is 0. The van der Waals surface area contributed by atoms with Crippen LogP contribution in [0.4, 0.5) is 13.2 Å². The minimum atomic E-state index is -4.52. The van der Waals surface area contributed by atoms with Gasteiger partial charge in [0.2, 0.25) is 0 Å². The maximum atomic E-state index is 12.6. The molecule has 0 N–H and O–H groups in total. The van der Waals surface area contributed by atoms with Crippen molar-refractivity contribution in [1.82, 2.24) is 0 Å². The van der Waals surface area contributed by atoms with Crippen LogP contribution >= 0.6 is 27.7 Å². The molecule has 0 saturated carbocycles. The molecule has 0 saturated heterocycles. The number of hydrogen-bond acceptors (Lipinski definition) is 4. The van der Waals surface area contributed by atoms with E-state index >= 15 is 0 Å². The minimum absolute atomic E-state index is 0.0224. The van der Waals surface area contributed by atoms with Crippen LogP contribution < -0.4 is 0 Å². The Morgan fingerprint density at radius 2 is 2.00 bits per heavy atom. The molecule has 8 heteroatoms. The maximum Gasteiger partial charge on any atom is 0.446 e. The van der Waals surface area contributed by atoms with E-state index in [4.69, 9.17) is 4.74 Å². The van der Waals surface area contributed by atoms with Crippen LogP contribution in [0.15, 0.2) is 23.1 Å². The van der Waals surface area contributed by atoms with Gasteiger partial charge in [-0.15, -0.1) is 0 Å². The Morgan fingerprint density at radius 3 is 2.48 bits per heavy atom. The van der Waals surface area contributed by atoms with Gasteiger partial charge in [0.05, 0.1) is 17.0 Å². The Balaban J connectivity index is 3.40. The minimum Gasteiger partial charge on any atom is -0.462 e. The highest BCUT2D eigenvalue weighted by atomic mass is 79.9. The van der Waals surface area contributed by atoms with Gasteiger partial charge in [-0.3, -0.25) is 4.79 Å². The van der Waals surface area contributed by atoms with E-state index in [0.29, 0.717) is 0 Å². The molecule has 0 bridgehead atoms. The van der Waals surface area contributed by atoms with Gasteiger partial charge in [-0.05, 0) is 37.7 Å². The van der Waals surface area contributed by atoms with Gasteiger partial charge in [-0.1, -0.05) is 22.0 Å². The fraction of sp³-hybridized carbons (Fsp3) is 0.385. The van der Waals surface area contributed by atoms with Crippen LogP contribution in [-0.2, 0) is 9.53 Å². The van der Waals surface area contributed by atoms with Crippen molar-refractivity contribution in [2.45, 2.75) is 29.1 Å². The first-order valence-corrected chi connectivity index (χ1v) is 7.61. The van der Waals surface area contributed by atoms with Gasteiger partial charge in [0.15, 0.2) is 0 Å². The molecule has 3 nitrogen and oxygen atoms in total. The third-order valence-electron chi connectivity index (χ3n) is 2.40. The van der Waals surface area contributed by atoms with E-state index in [2.05, 4.69) is 15.9 Å². The van der Waals surface area contributed by atoms with Crippen molar-refractivity contribution in [3.05, 3.63) is 29.3 Å². The fourth-order valence-corrected chi connectivity index (χ4v) is 2.99. The predicted octanol–water partition coefficient (Wildman–Crippen LogP) is 4.50. The quantitative estimate of drug-likeness (QED) is 0.425. The monoisotopic (exact) mass is 384 g/mol. The Bertz CT molecular complexity index is 546. The van der Waals surface area contributed by atoms with Crippen molar-refractivity contribution in [3.63, 3.8) is 0 Å². The van der Waals surface area contributed by atoms with Crippen LogP contribution in [0, 0.1) is 0 Å². The van der Waals surface area contributed by atoms with Crippen LogP contribution in [0.3, 0.4) is 0 Å². The summed E-state index contributed by atoms with van der Waals surface area (Å²) in [5.74, 6) is -1.17. The summed E-state index contributed by atoms with van der Waals surface area (Å²) in [6, 6.07) is 3.88. The van der Waals surface area contributed by atoms with Crippen molar-refractivity contribution >= 4 is 39.4 Å². The van der Waals surface area contributed by atoms with Crippen LogP contribution in [0.5, 0.6) is 0 Å². The standard InChI is InChI=1S/C13H12BrF3O3S/c1-3-20-12(19)8-5-4-6-9(21-13(15,16)17)10(8)11(14)7(2)18/h4-6,11H,3H2,1-2H3. The van der Waals surface area contributed by atoms with Crippen molar-refractivity contribution in [1.29, 1.82) is 0 Å². The number of carbonyl (C=O) groups excluding carboxylic acids is 2. The molecule has 1 rings (SSSR count). The van der Waals surface area contributed by atoms with E-state index in [-0.39, 0.29) is 34.4 Å². The lowest BCUT2D eigenvalue weighted by Crippen LogP contribution is -2.14. The summed E-state index contributed by atoms with van der Waals surface area (Å²) < 4.78 is 42.7. The number of carbonyl (C=O) groups is 2. The van der Waals surface area contributed by atoms with E-state index in [0.717, 1.165) is 0 Å². The third-order valence-corrected chi connectivity index (χ3v) is 4.31. The molecule has 116 valence electrons. The number of halogens is 4.